The van der Waals surface area contributed by atoms with Crippen LogP contribution in [0.2, 0.25) is 0 Å². The number of carbonyl (C=O) groups excluding carboxylic acids is 1. The lowest BCUT2D eigenvalue weighted by atomic mass is 9.52. The van der Waals surface area contributed by atoms with Crippen molar-refractivity contribution in [3.8, 4) is 0 Å². The zero-order valence-corrected chi connectivity index (χ0v) is 13.7. The molecule has 2 saturated heterocycles. The molecule has 4 bridgehead atoms. The largest absolute Gasteiger partial charge is 0.396 e. The highest BCUT2D eigenvalue weighted by Gasteiger charge is 2.58. The molecule has 6 aliphatic rings. The summed E-state index contributed by atoms with van der Waals surface area (Å²) in [6.45, 7) is 1.84. The first-order chi connectivity index (χ1) is 11.1. The fourth-order valence-electron chi connectivity index (χ4n) is 6.99. The van der Waals surface area contributed by atoms with Gasteiger partial charge in [-0.05, 0) is 62.7 Å². The van der Waals surface area contributed by atoms with E-state index in [0.717, 1.165) is 45.2 Å². The van der Waals surface area contributed by atoms with Crippen LogP contribution >= 0.6 is 0 Å². The molecule has 2 N–H and O–H groups in total. The Bertz CT molecular complexity index is 508. The molecule has 23 heavy (non-hydrogen) atoms. The lowest BCUT2D eigenvalue weighted by molar-refractivity contribution is -0.152. The first-order valence-electron chi connectivity index (χ1n) is 9.48. The summed E-state index contributed by atoms with van der Waals surface area (Å²) in [7, 11) is 0. The molecule has 6 rings (SSSR count). The maximum absolute atomic E-state index is 13.0. The third-order valence-electron chi connectivity index (χ3n) is 7.58. The summed E-state index contributed by atoms with van der Waals surface area (Å²) in [4.78, 5) is 17.2. The second-order valence-corrected chi connectivity index (χ2v) is 8.97. The smallest absolute Gasteiger partial charge is 0.320 e. The number of urea groups is 1. The van der Waals surface area contributed by atoms with Crippen LogP contribution in [0, 0.1) is 23.7 Å². The van der Waals surface area contributed by atoms with Crippen LogP contribution in [0.25, 0.3) is 0 Å². The van der Waals surface area contributed by atoms with Gasteiger partial charge in [-0.1, -0.05) is 0 Å². The van der Waals surface area contributed by atoms with E-state index in [4.69, 9.17) is 0 Å². The van der Waals surface area contributed by atoms with Gasteiger partial charge in [-0.15, -0.1) is 0 Å². The minimum Gasteiger partial charge on any atom is -0.396 e. The molecule has 2 heterocycles. The van der Waals surface area contributed by atoms with E-state index in [0.29, 0.717) is 23.8 Å². The molecule has 2 aliphatic heterocycles. The summed E-state index contributed by atoms with van der Waals surface area (Å²) in [5.41, 5.74) is -0.434. The Balaban J connectivity index is 1.41. The quantitative estimate of drug-likeness (QED) is 0.809. The second kappa shape index (κ2) is 4.85. The Morgan fingerprint density at radius 1 is 1.13 bits per heavy atom. The molecular formula is C18H28N2O3. The highest BCUT2D eigenvalue weighted by molar-refractivity contribution is 5.78. The van der Waals surface area contributed by atoms with Crippen LogP contribution in [0.1, 0.15) is 44.9 Å². The van der Waals surface area contributed by atoms with Gasteiger partial charge in [0, 0.05) is 31.7 Å². The standard InChI is InChI=1S/C18H28N2O3/c21-10-12-2-1-3-19-15(12)9-20(17(19)22)16-13-4-11-5-14(16)8-18(23,6-11)7-13/h11-16,21,23H,1-10H2/t11?,12-,13?,14?,15?,16?,18?/m1/s1. The number of hydrogen-bond acceptors (Lipinski definition) is 3. The maximum Gasteiger partial charge on any atom is 0.320 e. The highest BCUT2D eigenvalue weighted by atomic mass is 16.3. The number of fused-ring (bicyclic) bond motifs is 1. The maximum atomic E-state index is 13.0. The van der Waals surface area contributed by atoms with Gasteiger partial charge in [0.05, 0.1) is 11.6 Å². The number of aliphatic hydroxyl groups is 2. The van der Waals surface area contributed by atoms with Crippen molar-refractivity contribution in [1.29, 1.82) is 0 Å². The van der Waals surface area contributed by atoms with Gasteiger partial charge < -0.3 is 20.0 Å². The van der Waals surface area contributed by atoms with Crippen molar-refractivity contribution in [2.75, 3.05) is 19.7 Å². The van der Waals surface area contributed by atoms with E-state index in [-0.39, 0.29) is 24.6 Å². The van der Waals surface area contributed by atoms with E-state index in [1.807, 2.05) is 4.90 Å². The molecule has 5 nitrogen and oxygen atoms in total. The van der Waals surface area contributed by atoms with Gasteiger partial charge in [0.1, 0.15) is 0 Å². The number of nitrogens with zero attached hydrogens (tertiary/aromatic N) is 2. The van der Waals surface area contributed by atoms with Crippen molar-refractivity contribution < 1.29 is 15.0 Å². The Kier molecular flexibility index (Phi) is 3.06. The molecule has 0 spiro atoms. The van der Waals surface area contributed by atoms with E-state index >= 15 is 0 Å². The predicted octanol–water partition coefficient (Wildman–Crippen LogP) is 1.43. The molecular weight excluding hydrogens is 292 g/mol. The third kappa shape index (κ3) is 2.02. The Morgan fingerprint density at radius 3 is 2.52 bits per heavy atom. The SMILES string of the molecule is O=C1N(C2C3CC4CC2CC(O)(C4)C3)CC2[C@@H](CO)CCCN12. The molecule has 3 unspecified atom stereocenters. The molecule has 5 heteroatoms. The van der Waals surface area contributed by atoms with Gasteiger partial charge in [-0.3, -0.25) is 0 Å². The van der Waals surface area contributed by atoms with Crippen molar-refractivity contribution in [1.82, 2.24) is 9.80 Å². The Morgan fingerprint density at radius 2 is 1.87 bits per heavy atom. The van der Waals surface area contributed by atoms with Crippen LogP contribution in [-0.4, -0.2) is 63.4 Å². The summed E-state index contributed by atoms with van der Waals surface area (Å²) in [5, 5.41) is 20.4. The molecule has 4 aliphatic carbocycles. The third-order valence-corrected chi connectivity index (χ3v) is 7.58. The molecule has 0 aromatic carbocycles. The fraction of sp³-hybridized carbons (Fsp3) is 0.944. The summed E-state index contributed by atoms with van der Waals surface area (Å²) >= 11 is 0. The highest BCUT2D eigenvalue weighted by Crippen LogP contribution is 2.57. The van der Waals surface area contributed by atoms with E-state index in [1.54, 1.807) is 0 Å². The first kappa shape index (κ1) is 14.5. The summed E-state index contributed by atoms with van der Waals surface area (Å²) in [5.74, 6) is 1.91. The van der Waals surface area contributed by atoms with E-state index in [9.17, 15) is 15.0 Å². The van der Waals surface area contributed by atoms with Gasteiger partial charge in [0.15, 0.2) is 0 Å². The molecule has 4 saturated carbocycles. The molecule has 0 radical (unpaired) electrons. The van der Waals surface area contributed by atoms with Gasteiger partial charge in [-0.25, -0.2) is 4.79 Å². The van der Waals surface area contributed by atoms with Crippen LogP contribution < -0.4 is 0 Å². The minimum atomic E-state index is -0.434. The molecule has 4 atom stereocenters. The van der Waals surface area contributed by atoms with Crippen LogP contribution in [0.5, 0.6) is 0 Å². The van der Waals surface area contributed by atoms with Crippen molar-refractivity contribution in [2.45, 2.75) is 62.6 Å². The van der Waals surface area contributed by atoms with Gasteiger partial charge in [0.2, 0.25) is 0 Å². The first-order valence-corrected chi connectivity index (χ1v) is 9.48. The van der Waals surface area contributed by atoms with Gasteiger partial charge in [-0.2, -0.15) is 0 Å². The van der Waals surface area contributed by atoms with Gasteiger partial charge >= 0.3 is 6.03 Å². The monoisotopic (exact) mass is 320 g/mol. The van der Waals surface area contributed by atoms with Crippen molar-refractivity contribution >= 4 is 6.03 Å². The van der Waals surface area contributed by atoms with Crippen molar-refractivity contribution in [2.24, 2.45) is 23.7 Å². The van der Waals surface area contributed by atoms with E-state index in [2.05, 4.69) is 4.90 Å². The topological polar surface area (TPSA) is 64.0 Å². The lowest BCUT2D eigenvalue weighted by Gasteiger charge is -2.59. The van der Waals surface area contributed by atoms with E-state index < -0.39 is 5.60 Å². The fourth-order valence-corrected chi connectivity index (χ4v) is 6.99. The van der Waals surface area contributed by atoms with Crippen molar-refractivity contribution in [3.05, 3.63) is 0 Å². The molecule has 0 aromatic rings. The second-order valence-electron chi connectivity index (χ2n) is 8.97. The zero-order valence-electron chi connectivity index (χ0n) is 13.7. The predicted molar refractivity (Wildman–Crippen MR) is 84.7 cm³/mol. The molecule has 2 amide bonds. The Labute approximate surface area is 137 Å². The minimum absolute atomic E-state index is 0.196. The van der Waals surface area contributed by atoms with Crippen LogP contribution in [0.4, 0.5) is 4.79 Å². The number of aliphatic hydroxyl groups excluding tert-OH is 1. The summed E-state index contributed by atoms with van der Waals surface area (Å²) < 4.78 is 0. The molecule has 0 aromatic heterocycles. The number of amides is 2. The van der Waals surface area contributed by atoms with Crippen LogP contribution in [0.15, 0.2) is 0 Å². The average molecular weight is 320 g/mol. The number of carbonyl (C=O) groups is 1. The van der Waals surface area contributed by atoms with Gasteiger partial charge in [0.25, 0.3) is 0 Å². The average Bonchev–Trinajstić information content (AvgIpc) is 2.82. The summed E-state index contributed by atoms with van der Waals surface area (Å²) in [6, 6.07) is 0.753. The molecule has 6 fully saturated rings. The lowest BCUT2D eigenvalue weighted by Crippen LogP contribution is -2.62. The number of hydrogen-bond donors (Lipinski definition) is 2. The zero-order chi connectivity index (χ0) is 15.8. The normalized spacial score (nSPS) is 51.5. The van der Waals surface area contributed by atoms with Crippen LogP contribution in [0.3, 0.4) is 0 Å². The Hall–Kier alpha value is -0.810. The number of rotatable bonds is 2. The van der Waals surface area contributed by atoms with E-state index in [1.165, 1.54) is 12.8 Å². The number of piperidine rings is 1. The molecule has 128 valence electrons. The van der Waals surface area contributed by atoms with Crippen molar-refractivity contribution in [3.63, 3.8) is 0 Å². The van der Waals surface area contributed by atoms with Crippen LogP contribution in [-0.2, 0) is 0 Å². The summed E-state index contributed by atoms with van der Waals surface area (Å²) in [6.07, 6.45) is 7.22.